The van der Waals surface area contributed by atoms with E-state index < -0.39 is 0 Å². The van der Waals surface area contributed by atoms with Gasteiger partial charge in [-0.1, -0.05) is 70.7 Å². The third kappa shape index (κ3) is 3.82. The zero-order chi connectivity index (χ0) is 11.4. The summed E-state index contributed by atoms with van der Waals surface area (Å²) in [4.78, 5) is 0. The monoisotopic (exact) mass is 306 g/mol. The van der Waals surface area contributed by atoms with Crippen molar-refractivity contribution in [2.45, 2.75) is 13.8 Å². The Balaban J connectivity index is 3.01. The lowest BCUT2D eigenvalue weighted by atomic mass is 10.0. The first-order chi connectivity index (χ1) is 7.04. The lowest BCUT2D eigenvalue weighted by Gasteiger charge is -2.08. The first-order valence-electron chi connectivity index (χ1n) is 4.76. The Morgan fingerprint density at radius 2 is 2.00 bits per heavy atom. The van der Waals surface area contributed by atoms with E-state index in [1.165, 1.54) is 5.57 Å². The average molecular weight is 308 g/mol. The van der Waals surface area contributed by atoms with Crippen molar-refractivity contribution >= 4 is 45.2 Å². The molecule has 0 bridgehead atoms. The Bertz CT molecular complexity index is 370. The van der Waals surface area contributed by atoms with Gasteiger partial charge in [-0.05, 0) is 23.6 Å². The number of hydrogen-bond donors (Lipinski definition) is 0. The molecule has 1 aromatic rings. The number of benzene rings is 1. The highest BCUT2D eigenvalue weighted by Crippen LogP contribution is 2.25. The average Bonchev–Trinajstić information content (AvgIpc) is 2.19. The van der Waals surface area contributed by atoms with Crippen LogP contribution in [0.15, 0.2) is 23.8 Å². The highest BCUT2D eigenvalue weighted by Gasteiger charge is 2.03. The van der Waals surface area contributed by atoms with Crippen molar-refractivity contribution in [3.63, 3.8) is 0 Å². The van der Waals surface area contributed by atoms with Gasteiger partial charge in [0, 0.05) is 5.33 Å². The molecular weight excluding hydrogens is 295 g/mol. The molecule has 0 aliphatic heterocycles. The normalized spacial score (nSPS) is 12.3. The van der Waals surface area contributed by atoms with E-state index in [0.717, 1.165) is 10.9 Å². The highest BCUT2D eigenvalue weighted by atomic mass is 79.9. The zero-order valence-electron chi connectivity index (χ0n) is 8.73. The summed E-state index contributed by atoms with van der Waals surface area (Å²) in [6.07, 6.45) is 2.14. The summed E-state index contributed by atoms with van der Waals surface area (Å²) in [5.74, 6) is 0.527. The second-order valence-corrected chi connectivity index (χ2v) is 5.06. The Labute approximate surface area is 109 Å². The van der Waals surface area contributed by atoms with Gasteiger partial charge < -0.3 is 0 Å². The van der Waals surface area contributed by atoms with Crippen LogP contribution in [0.25, 0.3) is 6.08 Å². The van der Waals surface area contributed by atoms with Gasteiger partial charge in [0.15, 0.2) is 0 Å². The number of halogens is 3. The van der Waals surface area contributed by atoms with Crippen LogP contribution in [0.1, 0.15) is 19.4 Å². The van der Waals surface area contributed by atoms with Crippen LogP contribution in [0.3, 0.4) is 0 Å². The van der Waals surface area contributed by atoms with Crippen LogP contribution < -0.4 is 0 Å². The van der Waals surface area contributed by atoms with E-state index in [1.807, 2.05) is 18.2 Å². The van der Waals surface area contributed by atoms with E-state index >= 15 is 0 Å². The largest absolute Gasteiger partial charge is 0.0880 e. The minimum absolute atomic E-state index is 0.527. The molecule has 1 rings (SSSR count). The van der Waals surface area contributed by atoms with Gasteiger partial charge >= 0.3 is 0 Å². The van der Waals surface area contributed by atoms with E-state index in [2.05, 4.69) is 35.9 Å². The lowest BCUT2D eigenvalue weighted by Crippen LogP contribution is -1.94. The lowest BCUT2D eigenvalue weighted by molar-refractivity contribution is 0.781. The molecule has 1 aromatic carbocycles. The molecule has 0 unspecified atom stereocenters. The summed E-state index contributed by atoms with van der Waals surface area (Å²) in [6, 6.07) is 5.68. The van der Waals surface area contributed by atoms with Crippen LogP contribution in [0.4, 0.5) is 0 Å². The molecule has 0 aliphatic rings. The predicted octanol–water partition coefficient (Wildman–Crippen LogP) is 5.43. The van der Waals surface area contributed by atoms with Gasteiger partial charge in [-0.25, -0.2) is 0 Å². The van der Waals surface area contributed by atoms with Gasteiger partial charge in [0.05, 0.1) is 10.0 Å². The van der Waals surface area contributed by atoms with Crippen LogP contribution in [0, 0.1) is 5.92 Å². The van der Waals surface area contributed by atoms with Crippen molar-refractivity contribution in [3.8, 4) is 0 Å². The third-order valence-electron chi connectivity index (χ3n) is 2.19. The molecular formula is C12H13BrCl2. The van der Waals surface area contributed by atoms with Crippen LogP contribution in [0.5, 0.6) is 0 Å². The summed E-state index contributed by atoms with van der Waals surface area (Å²) in [7, 11) is 0. The quantitative estimate of drug-likeness (QED) is 0.653. The van der Waals surface area contributed by atoms with Gasteiger partial charge in [0.2, 0.25) is 0 Å². The molecule has 0 fully saturated rings. The summed E-state index contributed by atoms with van der Waals surface area (Å²) >= 11 is 15.3. The van der Waals surface area contributed by atoms with Crippen molar-refractivity contribution in [2.75, 3.05) is 5.33 Å². The smallest absolute Gasteiger partial charge is 0.0598 e. The summed E-state index contributed by atoms with van der Waals surface area (Å²) in [5, 5.41) is 2.08. The second-order valence-electron chi connectivity index (χ2n) is 3.68. The molecule has 0 radical (unpaired) electrons. The number of allylic oxidation sites excluding steroid dienone is 1. The molecule has 82 valence electrons. The molecule has 0 nitrogen and oxygen atoms in total. The maximum Gasteiger partial charge on any atom is 0.0598 e. The topological polar surface area (TPSA) is 0 Å². The molecule has 15 heavy (non-hydrogen) atoms. The fourth-order valence-corrected chi connectivity index (χ4v) is 2.29. The van der Waals surface area contributed by atoms with Crippen LogP contribution in [0.2, 0.25) is 10.0 Å². The van der Waals surface area contributed by atoms with Crippen molar-refractivity contribution < 1.29 is 0 Å². The fourth-order valence-electron chi connectivity index (χ4n) is 1.18. The van der Waals surface area contributed by atoms with Crippen LogP contribution in [-0.2, 0) is 0 Å². The van der Waals surface area contributed by atoms with Crippen molar-refractivity contribution in [2.24, 2.45) is 5.92 Å². The van der Waals surface area contributed by atoms with Gasteiger partial charge in [-0.15, -0.1) is 0 Å². The van der Waals surface area contributed by atoms with Crippen molar-refractivity contribution in [1.82, 2.24) is 0 Å². The summed E-state index contributed by atoms with van der Waals surface area (Å²) in [5.41, 5.74) is 2.43. The minimum atomic E-state index is 0.527. The van der Waals surface area contributed by atoms with Gasteiger partial charge in [0.1, 0.15) is 0 Å². The molecule has 0 aliphatic carbocycles. The van der Waals surface area contributed by atoms with E-state index in [0.29, 0.717) is 16.0 Å². The summed E-state index contributed by atoms with van der Waals surface area (Å²) < 4.78 is 0. The Morgan fingerprint density at radius 1 is 1.33 bits per heavy atom. The van der Waals surface area contributed by atoms with Gasteiger partial charge in [-0.2, -0.15) is 0 Å². The van der Waals surface area contributed by atoms with Crippen molar-refractivity contribution in [3.05, 3.63) is 39.4 Å². The molecule has 0 N–H and O–H groups in total. The molecule has 0 aromatic heterocycles. The number of rotatable bonds is 3. The Hall–Kier alpha value is 0.0200. The number of alkyl halides is 1. The Morgan fingerprint density at radius 3 is 2.47 bits per heavy atom. The standard InChI is InChI=1S/C12H13BrCl2/c1-8(2)10(7-13)5-9-3-4-11(14)12(15)6-9/h3-6,8H,7H2,1-2H3. The SMILES string of the molecule is CC(C)C(=Cc1ccc(Cl)c(Cl)c1)CBr. The van der Waals surface area contributed by atoms with E-state index in [4.69, 9.17) is 23.2 Å². The first kappa shape index (κ1) is 13.1. The molecule has 0 saturated heterocycles. The molecule has 0 heterocycles. The van der Waals surface area contributed by atoms with Crippen LogP contribution >= 0.6 is 39.1 Å². The molecule has 3 heteroatoms. The molecule has 0 amide bonds. The number of hydrogen-bond acceptors (Lipinski definition) is 0. The van der Waals surface area contributed by atoms with Crippen molar-refractivity contribution in [1.29, 1.82) is 0 Å². The third-order valence-corrected chi connectivity index (χ3v) is 3.58. The minimum Gasteiger partial charge on any atom is -0.0880 e. The zero-order valence-corrected chi connectivity index (χ0v) is 11.8. The molecule has 0 saturated carbocycles. The fraction of sp³-hybridized carbons (Fsp3) is 0.333. The maximum absolute atomic E-state index is 5.95. The second kappa shape index (κ2) is 5.93. The van der Waals surface area contributed by atoms with Crippen LogP contribution in [-0.4, -0.2) is 5.33 Å². The van der Waals surface area contributed by atoms with Gasteiger partial charge in [0.25, 0.3) is 0 Å². The van der Waals surface area contributed by atoms with E-state index in [-0.39, 0.29) is 0 Å². The highest BCUT2D eigenvalue weighted by molar-refractivity contribution is 9.09. The summed E-state index contributed by atoms with van der Waals surface area (Å²) in [6.45, 7) is 4.34. The Kier molecular flexibility index (Phi) is 5.17. The van der Waals surface area contributed by atoms with E-state index in [1.54, 1.807) is 0 Å². The van der Waals surface area contributed by atoms with Gasteiger partial charge in [-0.3, -0.25) is 0 Å². The predicted molar refractivity (Wildman–Crippen MR) is 73.1 cm³/mol. The molecule has 0 atom stereocenters. The first-order valence-corrected chi connectivity index (χ1v) is 6.63. The molecule has 0 spiro atoms. The maximum atomic E-state index is 5.95. The van der Waals surface area contributed by atoms with E-state index in [9.17, 15) is 0 Å².